The number of carbonyl (C=O) groups excluding carboxylic acids is 2. The molecule has 1 N–H and O–H groups in total. The summed E-state index contributed by atoms with van der Waals surface area (Å²) in [5.74, 6) is -0.0134. The lowest BCUT2D eigenvalue weighted by Crippen LogP contribution is -2.24. The summed E-state index contributed by atoms with van der Waals surface area (Å²) in [6.07, 6.45) is 2.42. The highest BCUT2D eigenvalue weighted by molar-refractivity contribution is 5.93. The Hall–Kier alpha value is -3.22. The molecule has 1 saturated heterocycles. The summed E-state index contributed by atoms with van der Waals surface area (Å²) in [4.78, 5) is 26.4. The first-order chi connectivity index (χ1) is 14.6. The van der Waals surface area contributed by atoms with Gasteiger partial charge in [-0.05, 0) is 62.6 Å². The molecule has 0 atom stereocenters. The van der Waals surface area contributed by atoms with E-state index in [1.807, 2.05) is 32.0 Å². The van der Waals surface area contributed by atoms with Crippen LogP contribution in [-0.4, -0.2) is 44.8 Å². The van der Waals surface area contributed by atoms with E-state index in [4.69, 9.17) is 14.2 Å². The van der Waals surface area contributed by atoms with Gasteiger partial charge in [-0.2, -0.15) is 0 Å². The zero-order valence-electron chi connectivity index (χ0n) is 17.5. The molecule has 0 bridgehead atoms. The first kappa shape index (κ1) is 21.5. The van der Waals surface area contributed by atoms with E-state index in [2.05, 4.69) is 16.3 Å². The smallest absolute Gasteiger partial charge is 0.344 e. The number of amides is 1. The molecule has 7 heteroatoms. The molecule has 1 amide bonds. The van der Waals surface area contributed by atoms with Gasteiger partial charge < -0.3 is 24.4 Å². The molecule has 1 aliphatic rings. The highest BCUT2D eigenvalue weighted by Gasteiger charge is 2.15. The van der Waals surface area contributed by atoms with E-state index < -0.39 is 11.9 Å². The second-order valence-electron chi connectivity index (χ2n) is 7.07. The number of para-hydroxylation sites is 2. The van der Waals surface area contributed by atoms with Crippen LogP contribution in [0.5, 0.6) is 11.5 Å². The van der Waals surface area contributed by atoms with Crippen molar-refractivity contribution < 1.29 is 23.8 Å². The van der Waals surface area contributed by atoms with Crippen LogP contribution in [0.2, 0.25) is 0 Å². The Morgan fingerprint density at radius 3 is 2.37 bits per heavy atom. The van der Waals surface area contributed by atoms with Gasteiger partial charge >= 0.3 is 5.97 Å². The van der Waals surface area contributed by atoms with E-state index in [1.54, 1.807) is 18.2 Å². The Balaban J connectivity index is 1.44. The fraction of sp³-hybridized carbons (Fsp3) is 0.391. The van der Waals surface area contributed by atoms with Crippen LogP contribution in [0.15, 0.2) is 42.5 Å². The standard InChI is InChI=1S/C23H28N2O5/c1-3-28-20-8-4-5-9-21(20)29-16-23(27)30-15-22(26)24-19-11-10-18(14-17(19)2)25-12-6-7-13-25/h4-5,8-11,14H,3,6-7,12-13,15-16H2,1-2H3,(H,24,26). The number of aryl methyl sites for hydroxylation is 1. The van der Waals surface area contributed by atoms with Crippen molar-refractivity contribution in [3.05, 3.63) is 48.0 Å². The number of anilines is 2. The summed E-state index contributed by atoms with van der Waals surface area (Å²) in [6, 6.07) is 13.0. The molecule has 0 spiro atoms. The molecule has 160 valence electrons. The van der Waals surface area contributed by atoms with Crippen molar-refractivity contribution in [1.82, 2.24) is 0 Å². The highest BCUT2D eigenvalue weighted by Crippen LogP contribution is 2.27. The Bertz CT molecular complexity index is 878. The van der Waals surface area contributed by atoms with Crippen molar-refractivity contribution >= 4 is 23.3 Å². The second kappa shape index (κ2) is 10.5. The average Bonchev–Trinajstić information content (AvgIpc) is 3.28. The zero-order valence-corrected chi connectivity index (χ0v) is 17.5. The predicted molar refractivity (Wildman–Crippen MR) is 115 cm³/mol. The fourth-order valence-corrected chi connectivity index (χ4v) is 3.31. The summed E-state index contributed by atoms with van der Waals surface area (Å²) in [5.41, 5.74) is 2.84. The molecule has 0 radical (unpaired) electrons. The highest BCUT2D eigenvalue weighted by atomic mass is 16.6. The van der Waals surface area contributed by atoms with Crippen molar-refractivity contribution in [3.63, 3.8) is 0 Å². The summed E-state index contributed by atoms with van der Waals surface area (Å²) in [7, 11) is 0. The number of rotatable bonds is 9. The van der Waals surface area contributed by atoms with Gasteiger partial charge in [0.25, 0.3) is 5.91 Å². The van der Waals surface area contributed by atoms with Crippen LogP contribution in [0.4, 0.5) is 11.4 Å². The lowest BCUT2D eigenvalue weighted by atomic mass is 10.1. The Morgan fingerprint density at radius 1 is 1.00 bits per heavy atom. The van der Waals surface area contributed by atoms with Crippen LogP contribution >= 0.6 is 0 Å². The molecule has 2 aromatic rings. The normalized spacial score (nSPS) is 13.1. The van der Waals surface area contributed by atoms with Crippen molar-refractivity contribution in [2.24, 2.45) is 0 Å². The van der Waals surface area contributed by atoms with Crippen molar-refractivity contribution in [2.75, 3.05) is 43.1 Å². The minimum absolute atomic E-state index is 0.305. The number of carbonyl (C=O) groups is 2. The van der Waals surface area contributed by atoms with Crippen LogP contribution in [0, 0.1) is 6.92 Å². The second-order valence-corrected chi connectivity index (χ2v) is 7.07. The van der Waals surface area contributed by atoms with E-state index in [1.165, 1.54) is 18.5 Å². The Kier molecular flexibility index (Phi) is 7.54. The molecule has 0 aromatic heterocycles. The van der Waals surface area contributed by atoms with Gasteiger partial charge in [0.05, 0.1) is 6.61 Å². The molecule has 0 aliphatic carbocycles. The van der Waals surface area contributed by atoms with E-state index in [0.717, 1.165) is 18.7 Å². The van der Waals surface area contributed by atoms with Crippen molar-refractivity contribution in [3.8, 4) is 11.5 Å². The average molecular weight is 412 g/mol. The molecule has 1 aliphatic heterocycles. The van der Waals surface area contributed by atoms with Crippen LogP contribution in [-0.2, 0) is 14.3 Å². The lowest BCUT2D eigenvalue weighted by Gasteiger charge is -2.19. The predicted octanol–water partition coefficient (Wildman–Crippen LogP) is 3.55. The zero-order chi connectivity index (χ0) is 21.3. The number of hydrogen-bond donors (Lipinski definition) is 1. The maximum absolute atomic E-state index is 12.2. The van der Waals surface area contributed by atoms with Gasteiger partial charge in [-0.1, -0.05) is 12.1 Å². The van der Waals surface area contributed by atoms with Gasteiger partial charge in [0.2, 0.25) is 0 Å². The molecule has 1 heterocycles. The van der Waals surface area contributed by atoms with Crippen molar-refractivity contribution in [2.45, 2.75) is 26.7 Å². The number of benzene rings is 2. The van der Waals surface area contributed by atoms with E-state index in [0.29, 0.717) is 23.8 Å². The third-order valence-corrected chi connectivity index (χ3v) is 4.81. The monoisotopic (exact) mass is 412 g/mol. The van der Waals surface area contributed by atoms with Crippen LogP contribution in [0.25, 0.3) is 0 Å². The minimum Gasteiger partial charge on any atom is -0.490 e. The van der Waals surface area contributed by atoms with E-state index in [-0.39, 0.29) is 13.2 Å². The first-order valence-corrected chi connectivity index (χ1v) is 10.2. The summed E-state index contributed by atoms with van der Waals surface area (Å²) in [6.45, 7) is 5.76. The maximum atomic E-state index is 12.2. The molecule has 0 unspecified atom stereocenters. The molecular formula is C23H28N2O5. The topological polar surface area (TPSA) is 77.1 Å². The molecule has 0 saturated carbocycles. The first-order valence-electron chi connectivity index (χ1n) is 10.2. The summed E-state index contributed by atoms with van der Waals surface area (Å²) < 4.78 is 15.9. The number of esters is 1. The quantitative estimate of drug-likeness (QED) is 0.635. The Labute approximate surface area is 176 Å². The summed E-state index contributed by atoms with van der Waals surface area (Å²) in [5, 5.41) is 2.79. The van der Waals surface area contributed by atoms with Gasteiger partial charge in [0, 0.05) is 24.5 Å². The van der Waals surface area contributed by atoms with Gasteiger partial charge in [-0.25, -0.2) is 4.79 Å². The van der Waals surface area contributed by atoms with Crippen molar-refractivity contribution in [1.29, 1.82) is 0 Å². The molecule has 2 aromatic carbocycles. The SMILES string of the molecule is CCOc1ccccc1OCC(=O)OCC(=O)Nc1ccc(N2CCCC2)cc1C. The van der Waals surface area contributed by atoms with Gasteiger partial charge in [-0.15, -0.1) is 0 Å². The van der Waals surface area contributed by atoms with E-state index in [9.17, 15) is 9.59 Å². The minimum atomic E-state index is -0.627. The molecule has 3 rings (SSSR count). The fourth-order valence-electron chi connectivity index (χ4n) is 3.31. The van der Waals surface area contributed by atoms with Gasteiger partial charge in [-0.3, -0.25) is 4.79 Å². The third-order valence-electron chi connectivity index (χ3n) is 4.81. The molecule has 7 nitrogen and oxygen atoms in total. The molecule has 1 fully saturated rings. The molecular weight excluding hydrogens is 384 g/mol. The largest absolute Gasteiger partial charge is 0.490 e. The van der Waals surface area contributed by atoms with Crippen LogP contribution in [0.3, 0.4) is 0 Å². The number of hydrogen-bond acceptors (Lipinski definition) is 6. The lowest BCUT2D eigenvalue weighted by molar-refractivity contribution is -0.149. The third kappa shape index (κ3) is 5.89. The molecule has 30 heavy (non-hydrogen) atoms. The Morgan fingerprint density at radius 2 is 1.70 bits per heavy atom. The number of nitrogens with zero attached hydrogens (tertiary/aromatic N) is 1. The van der Waals surface area contributed by atoms with Crippen LogP contribution < -0.4 is 19.7 Å². The number of ether oxygens (including phenoxy) is 3. The van der Waals surface area contributed by atoms with Crippen LogP contribution in [0.1, 0.15) is 25.3 Å². The van der Waals surface area contributed by atoms with Gasteiger partial charge in [0.15, 0.2) is 24.7 Å². The number of nitrogens with one attached hydrogen (secondary N) is 1. The summed E-state index contributed by atoms with van der Waals surface area (Å²) >= 11 is 0. The van der Waals surface area contributed by atoms with Gasteiger partial charge in [0.1, 0.15) is 0 Å². The van der Waals surface area contributed by atoms with E-state index >= 15 is 0 Å². The maximum Gasteiger partial charge on any atom is 0.344 e.